The Kier molecular flexibility index (Phi) is 7.03. The molecule has 2 aromatic rings. The summed E-state index contributed by atoms with van der Waals surface area (Å²) in [6.07, 6.45) is 6.58. The van der Waals surface area contributed by atoms with Crippen LogP contribution in [0.1, 0.15) is 30.7 Å². The molecule has 0 spiro atoms. The molecule has 6 nitrogen and oxygen atoms in total. The first-order valence-electron chi connectivity index (χ1n) is 10.0. The Morgan fingerprint density at radius 1 is 1.30 bits per heavy atom. The average Bonchev–Trinajstić information content (AvgIpc) is 3.11. The molecule has 1 fully saturated rings. The summed E-state index contributed by atoms with van der Waals surface area (Å²) in [6.45, 7) is 11.8. The third-order valence-electron chi connectivity index (χ3n) is 5.14. The molecular formula is C24H28N2O4. The lowest BCUT2D eigenvalue weighted by Crippen LogP contribution is -2.42. The van der Waals surface area contributed by atoms with E-state index in [1.807, 2.05) is 43.3 Å². The molecule has 0 saturated carbocycles. The van der Waals surface area contributed by atoms with Crippen molar-refractivity contribution in [3.05, 3.63) is 105 Å². The van der Waals surface area contributed by atoms with Crippen molar-refractivity contribution in [2.45, 2.75) is 45.2 Å². The fraction of sp³-hybridized carbons (Fsp3) is 0.333. The maximum Gasteiger partial charge on any atom is 0.333 e. The van der Waals surface area contributed by atoms with Crippen molar-refractivity contribution in [2.24, 2.45) is 0 Å². The second kappa shape index (κ2) is 9.69. The number of ether oxygens (including phenoxy) is 2. The number of nitrogens with zero attached hydrogens (tertiary/aromatic N) is 2. The van der Waals surface area contributed by atoms with Gasteiger partial charge in [0.15, 0.2) is 0 Å². The van der Waals surface area contributed by atoms with Crippen LogP contribution < -0.4 is 11.2 Å². The third-order valence-corrected chi connectivity index (χ3v) is 5.14. The summed E-state index contributed by atoms with van der Waals surface area (Å²) >= 11 is 0. The number of allylic oxidation sites excluding steroid dienone is 2. The Balaban J connectivity index is 1.80. The summed E-state index contributed by atoms with van der Waals surface area (Å²) in [7, 11) is 0. The SMILES string of the molecule is C=C/C=C\C(=C)COC1CC(n2cc(C)c(=O)n(Cc3ccccc3)c2=O)OC1C. The van der Waals surface area contributed by atoms with Crippen LogP contribution >= 0.6 is 0 Å². The molecule has 2 heterocycles. The fourth-order valence-corrected chi connectivity index (χ4v) is 3.50. The van der Waals surface area contributed by atoms with Crippen LogP contribution in [0.5, 0.6) is 0 Å². The molecule has 0 N–H and O–H groups in total. The standard InChI is InChI=1S/C24H28N2O4/c1-5-6-10-17(2)16-29-21-13-22(30-19(21)4)25-14-18(3)23(27)26(24(25)28)15-20-11-8-7-9-12-20/h5-12,14,19,21-22H,1-2,13,15-16H2,3-4H3/b10-6-. The van der Waals surface area contributed by atoms with Crippen LogP contribution in [0.2, 0.25) is 0 Å². The molecule has 30 heavy (non-hydrogen) atoms. The van der Waals surface area contributed by atoms with Crippen LogP contribution in [-0.2, 0) is 16.0 Å². The molecule has 0 amide bonds. The summed E-state index contributed by atoms with van der Waals surface area (Å²) in [6, 6.07) is 9.46. The van der Waals surface area contributed by atoms with Crippen LogP contribution in [0.4, 0.5) is 0 Å². The zero-order valence-corrected chi connectivity index (χ0v) is 17.5. The van der Waals surface area contributed by atoms with Gasteiger partial charge in [-0.25, -0.2) is 4.79 Å². The topological polar surface area (TPSA) is 62.5 Å². The van der Waals surface area contributed by atoms with Crippen molar-refractivity contribution >= 4 is 0 Å². The Hall–Kier alpha value is -2.96. The van der Waals surface area contributed by atoms with Gasteiger partial charge in [0.25, 0.3) is 5.56 Å². The van der Waals surface area contributed by atoms with E-state index in [1.54, 1.807) is 25.3 Å². The molecule has 1 aromatic carbocycles. The molecule has 3 atom stereocenters. The van der Waals surface area contributed by atoms with E-state index in [1.165, 1.54) is 9.13 Å². The number of aromatic nitrogens is 2. The van der Waals surface area contributed by atoms with Gasteiger partial charge in [0.2, 0.25) is 0 Å². The normalized spacial score (nSPS) is 21.2. The van der Waals surface area contributed by atoms with Crippen LogP contribution in [0, 0.1) is 6.92 Å². The van der Waals surface area contributed by atoms with Gasteiger partial charge in [0, 0.05) is 18.2 Å². The Labute approximate surface area is 176 Å². The maximum atomic E-state index is 13.1. The van der Waals surface area contributed by atoms with Gasteiger partial charge in [-0.3, -0.25) is 13.9 Å². The molecule has 1 aromatic heterocycles. The highest BCUT2D eigenvalue weighted by atomic mass is 16.6. The highest BCUT2D eigenvalue weighted by Gasteiger charge is 2.35. The van der Waals surface area contributed by atoms with Gasteiger partial charge in [0.05, 0.1) is 25.4 Å². The predicted molar refractivity (Wildman–Crippen MR) is 118 cm³/mol. The zero-order chi connectivity index (χ0) is 21.7. The van der Waals surface area contributed by atoms with E-state index in [0.29, 0.717) is 18.6 Å². The van der Waals surface area contributed by atoms with E-state index in [4.69, 9.17) is 9.47 Å². The molecule has 1 aliphatic heterocycles. The minimum atomic E-state index is -0.490. The fourth-order valence-electron chi connectivity index (χ4n) is 3.50. The highest BCUT2D eigenvalue weighted by Crippen LogP contribution is 2.30. The van der Waals surface area contributed by atoms with E-state index < -0.39 is 6.23 Å². The van der Waals surface area contributed by atoms with Crippen molar-refractivity contribution < 1.29 is 9.47 Å². The molecule has 0 aliphatic carbocycles. The number of hydrogen-bond donors (Lipinski definition) is 0. The van der Waals surface area contributed by atoms with E-state index in [2.05, 4.69) is 13.2 Å². The molecule has 1 aliphatic rings. The quantitative estimate of drug-likeness (QED) is 0.629. The van der Waals surface area contributed by atoms with Crippen molar-refractivity contribution in [3.8, 4) is 0 Å². The smallest absolute Gasteiger partial charge is 0.333 e. The highest BCUT2D eigenvalue weighted by molar-refractivity contribution is 5.18. The Morgan fingerprint density at radius 3 is 2.73 bits per heavy atom. The second-order valence-electron chi connectivity index (χ2n) is 7.51. The van der Waals surface area contributed by atoms with Crippen LogP contribution in [0.3, 0.4) is 0 Å². The molecule has 1 saturated heterocycles. The van der Waals surface area contributed by atoms with Crippen LogP contribution in [0.25, 0.3) is 0 Å². The average molecular weight is 408 g/mol. The first-order valence-corrected chi connectivity index (χ1v) is 10.0. The van der Waals surface area contributed by atoms with Gasteiger partial charge in [-0.15, -0.1) is 0 Å². The largest absolute Gasteiger partial charge is 0.371 e. The Morgan fingerprint density at radius 2 is 2.03 bits per heavy atom. The molecule has 0 radical (unpaired) electrons. The molecule has 3 rings (SSSR count). The van der Waals surface area contributed by atoms with E-state index >= 15 is 0 Å². The van der Waals surface area contributed by atoms with Crippen LogP contribution in [0.15, 0.2) is 83.1 Å². The molecule has 158 valence electrons. The van der Waals surface area contributed by atoms with Gasteiger partial charge in [0.1, 0.15) is 6.23 Å². The van der Waals surface area contributed by atoms with Crippen molar-refractivity contribution in [1.82, 2.24) is 9.13 Å². The Bertz CT molecular complexity index is 1050. The third kappa shape index (κ3) is 4.96. The lowest BCUT2D eigenvalue weighted by atomic mass is 10.2. The van der Waals surface area contributed by atoms with Gasteiger partial charge >= 0.3 is 5.69 Å². The molecular weight excluding hydrogens is 380 g/mol. The summed E-state index contributed by atoms with van der Waals surface area (Å²) in [5.74, 6) is 0. The van der Waals surface area contributed by atoms with Crippen molar-refractivity contribution in [2.75, 3.05) is 6.61 Å². The first-order chi connectivity index (χ1) is 14.4. The van der Waals surface area contributed by atoms with Crippen molar-refractivity contribution in [3.63, 3.8) is 0 Å². The summed E-state index contributed by atoms with van der Waals surface area (Å²) in [5.41, 5.74) is 1.54. The van der Waals surface area contributed by atoms with Gasteiger partial charge in [-0.2, -0.15) is 0 Å². The number of benzene rings is 1. The lowest BCUT2D eigenvalue weighted by molar-refractivity contribution is -0.0254. The summed E-state index contributed by atoms with van der Waals surface area (Å²) in [4.78, 5) is 25.7. The summed E-state index contributed by atoms with van der Waals surface area (Å²) < 4.78 is 14.7. The van der Waals surface area contributed by atoms with Gasteiger partial charge < -0.3 is 9.47 Å². The monoisotopic (exact) mass is 408 g/mol. The molecule has 3 unspecified atom stereocenters. The summed E-state index contributed by atoms with van der Waals surface area (Å²) in [5, 5.41) is 0. The lowest BCUT2D eigenvalue weighted by Gasteiger charge is -2.17. The molecule has 0 bridgehead atoms. The van der Waals surface area contributed by atoms with E-state index in [9.17, 15) is 9.59 Å². The first kappa shape index (κ1) is 21.7. The van der Waals surface area contributed by atoms with E-state index in [-0.39, 0.29) is 30.0 Å². The molecule has 6 heteroatoms. The minimum absolute atomic E-state index is 0.175. The predicted octanol–water partition coefficient (Wildman–Crippen LogP) is 3.36. The number of aryl methyl sites for hydroxylation is 1. The number of hydrogen-bond acceptors (Lipinski definition) is 4. The van der Waals surface area contributed by atoms with E-state index in [0.717, 1.165) is 11.1 Å². The van der Waals surface area contributed by atoms with Gasteiger partial charge in [-0.1, -0.05) is 61.7 Å². The van der Waals surface area contributed by atoms with Gasteiger partial charge in [-0.05, 0) is 25.0 Å². The number of rotatable bonds is 8. The second-order valence-corrected chi connectivity index (χ2v) is 7.51. The van der Waals surface area contributed by atoms with Crippen molar-refractivity contribution in [1.29, 1.82) is 0 Å². The zero-order valence-electron chi connectivity index (χ0n) is 17.5. The van der Waals surface area contributed by atoms with Crippen LogP contribution in [-0.4, -0.2) is 27.9 Å². The maximum absolute atomic E-state index is 13.1. The minimum Gasteiger partial charge on any atom is -0.371 e.